The van der Waals surface area contributed by atoms with E-state index in [9.17, 15) is 4.79 Å². The maximum atomic E-state index is 12.8. The van der Waals surface area contributed by atoms with Crippen molar-refractivity contribution in [2.75, 3.05) is 5.01 Å². The van der Waals surface area contributed by atoms with Gasteiger partial charge in [-0.1, -0.05) is 36.4 Å². The molecule has 0 unspecified atom stereocenters. The van der Waals surface area contributed by atoms with Crippen molar-refractivity contribution in [3.8, 4) is 0 Å². The molecule has 5 rings (SSSR count). The van der Waals surface area contributed by atoms with Crippen LogP contribution < -0.4 is 5.01 Å². The summed E-state index contributed by atoms with van der Waals surface area (Å²) in [4.78, 5) is 12.8. The summed E-state index contributed by atoms with van der Waals surface area (Å²) in [5, 5.41) is 15.9. The summed E-state index contributed by atoms with van der Waals surface area (Å²) in [5.74, 6) is 0.666. The van der Waals surface area contributed by atoms with Gasteiger partial charge >= 0.3 is 0 Å². The third-order valence-corrected chi connectivity index (χ3v) is 5.76. The summed E-state index contributed by atoms with van der Waals surface area (Å²) >= 11 is 0. The van der Waals surface area contributed by atoms with Gasteiger partial charge in [-0.05, 0) is 30.7 Å². The van der Waals surface area contributed by atoms with Crippen molar-refractivity contribution in [1.29, 1.82) is 0 Å². The quantitative estimate of drug-likeness (QED) is 0.776. The first-order chi connectivity index (χ1) is 12.8. The zero-order valence-corrected chi connectivity index (χ0v) is 14.4. The topological polar surface area (TPSA) is 57.4 Å². The molecule has 1 heterocycles. The van der Waals surface area contributed by atoms with E-state index >= 15 is 0 Å². The minimum absolute atomic E-state index is 0.0154. The van der Waals surface area contributed by atoms with Gasteiger partial charge < -0.3 is 0 Å². The second-order valence-corrected chi connectivity index (χ2v) is 7.28. The zero-order valence-electron chi connectivity index (χ0n) is 14.4. The number of para-hydroxylation sites is 1. The van der Waals surface area contributed by atoms with Crippen LogP contribution in [0.2, 0.25) is 0 Å². The summed E-state index contributed by atoms with van der Waals surface area (Å²) < 4.78 is 0. The van der Waals surface area contributed by atoms with Gasteiger partial charge in [0.1, 0.15) is 5.78 Å². The fourth-order valence-corrected chi connectivity index (χ4v) is 4.47. The number of hydrogen-bond acceptors (Lipinski definition) is 5. The van der Waals surface area contributed by atoms with Gasteiger partial charge in [-0.2, -0.15) is 15.3 Å². The number of ketones is 1. The number of carbonyl (C=O) groups excluding carboxylic acids is 1. The highest BCUT2D eigenvalue weighted by Crippen LogP contribution is 2.45. The fraction of sp³-hybridized carbons (Fsp3) is 0.333. The van der Waals surface area contributed by atoms with E-state index in [1.54, 1.807) is 0 Å². The highest BCUT2D eigenvalue weighted by atomic mass is 16.1. The van der Waals surface area contributed by atoms with Crippen LogP contribution in [0.4, 0.5) is 11.4 Å². The standard InChI is InChI=1S/C21H20N4O/c26-21-13-20-16-11-17(21)18(23-22-14-7-3-1-4-8-14)12-19(16)24-25(20)15-9-5-2-6-10-15/h1-10,16-18,20H,11-13H2/t16-,17+,18+,20-/m0/s1. The number of azo groups is 1. The van der Waals surface area contributed by atoms with E-state index in [0.29, 0.717) is 18.1 Å². The Kier molecular flexibility index (Phi) is 3.66. The van der Waals surface area contributed by atoms with Gasteiger partial charge in [0.05, 0.1) is 23.5 Å². The van der Waals surface area contributed by atoms with Crippen LogP contribution in [0.15, 0.2) is 76.0 Å². The predicted molar refractivity (Wildman–Crippen MR) is 101 cm³/mol. The summed E-state index contributed by atoms with van der Waals surface area (Å²) in [7, 11) is 0. The number of fused-ring (bicyclic) bond motifs is 1. The Morgan fingerprint density at radius 1 is 0.923 bits per heavy atom. The molecule has 5 nitrogen and oxygen atoms in total. The van der Waals surface area contributed by atoms with E-state index in [0.717, 1.165) is 24.2 Å². The molecule has 0 spiro atoms. The number of carbonyl (C=O) groups is 1. The van der Waals surface area contributed by atoms with Crippen LogP contribution in [0.5, 0.6) is 0 Å². The molecule has 2 saturated carbocycles. The summed E-state index contributed by atoms with van der Waals surface area (Å²) in [5.41, 5.74) is 3.07. The molecule has 2 bridgehead atoms. The van der Waals surface area contributed by atoms with Crippen molar-refractivity contribution in [3.05, 3.63) is 60.7 Å². The van der Waals surface area contributed by atoms with Gasteiger partial charge in [-0.25, -0.2) is 0 Å². The molecular weight excluding hydrogens is 324 g/mol. The van der Waals surface area contributed by atoms with Crippen molar-refractivity contribution in [3.63, 3.8) is 0 Å². The van der Waals surface area contributed by atoms with Gasteiger partial charge in [0.25, 0.3) is 0 Å². The Morgan fingerprint density at radius 3 is 2.42 bits per heavy atom. The predicted octanol–water partition coefficient (Wildman–Crippen LogP) is 4.38. The largest absolute Gasteiger partial charge is 0.299 e. The van der Waals surface area contributed by atoms with Crippen LogP contribution in [-0.4, -0.2) is 23.6 Å². The van der Waals surface area contributed by atoms with Crippen molar-refractivity contribution >= 4 is 22.9 Å². The summed E-state index contributed by atoms with van der Waals surface area (Å²) in [6, 6.07) is 19.9. The number of rotatable bonds is 3. The van der Waals surface area contributed by atoms with E-state index in [4.69, 9.17) is 5.10 Å². The van der Waals surface area contributed by atoms with Gasteiger partial charge in [0, 0.05) is 30.4 Å². The molecule has 26 heavy (non-hydrogen) atoms. The minimum Gasteiger partial charge on any atom is -0.299 e. The first-order valence-electron chi connectivity index (χ1n) is 9.20. The van der Waals surface area contributed by atoms with Crippen LogP contribution >= 0.6 is 0 Å². The smallest absolute Gasteiger partial charge is 0.140 e. The summed E-state index contributed by atoms with van der Waals surface area (Å²) in [6.07, 6.45) is 2.13. The highest BCUT2D eigenvalue weighted by molar-refractivity contribution is 5.98. The molecular formula is C21H20N4O. The number of hydrogen-bond donors (Lipinski definition) is 0. The number of anilines is 1. The number of Topliss-reactive ketones (excluding diaryl/α,β-unsaturated/α-hetero) is 1. The molecule has 0 radical (unpaired) electrons. The molecule has 2 aliphatic carbocycles. The lowest BCUT2D eigenvalue weighted by Crippen LogP contribution is -2.49. The molecule has 0 amide bonds. The molecule has 130 valence electrons. The highest BCUT2D eigenvalue weighted by Gasteiger charge is 2.51. The second kappa shape index (κ2) is 6.16. The van der Waals surface area contributed by atoms with Crippen LogP contribution in [0.25, 0.3) is 0 Å². The Morgan fingerprint density at radius 2 is 1.65 bits per heavy atom. The maximum absolute atomic E-state index is 12.8. The van der Waals surface area contributed by atoms with E-state index < -0.39 is 0 Å². The fourth-order valence-electron chi connectivity index (χ4n) is 4.47. The van der Waals surface area contributed by atoms with Crippen LogP contribution in [-0.2, 0) is 4.79 Å². The van der Waals surface area contributed by atoms with Crippen LogP contribution in [0, 0.1) is 11.8 Å². The Balaban J connectivity index is 1.44. The van der Waals surface area contributed by atoms with Gasteiger partial charge in [-0.15, -0.1) is 0 Å². The van der Waals surface area contributed by atoms with E-state index in [2.05, 4.69) is 27.4 Å². The molecule has 1 aliphatic heterocycles. The maximum Gasteiger partial charge on any atom is 0.140 e. The Labute approximate surface area is 152 Å². The van der Waals surface area contributed by atoms with Crippen LogP contribution in [0.1, 0.15) is 19.3 Å². The van der Waals surface area contributed by atoms with E-state index in [1.807, 2.05) is 48.5 Å². The lowest BCUT2D eigenvalue weighted by Gasteiger charge is -2.39. The molecule has 5 heteroatoms. The molecule has 2 aromatic rings. The van der Waals surface area contributed by atoms with Crippen molar-refractivity contribution in [1.82, 2.24) is 0 Å². The normalized spacial score (nSPS) is 29.9. The lowest BCUT2D eigenvalue weighted by atomic mass is 9.66. The summed E-state index contributed by atoms with van der Waals surface area (Å²) in [6.45, 7) is 0. The molecule has 0 aromatic heterocycles. The molecule has 3 aliphatic rings. The monoisotopic (exact) mass is 344 g/mol. The van der Waals surface area contributed by atoms with Crippen molar-refractivity contribution in [2.24, 2.45) is 27.2 Å². The van der Waals surface area contributed by atoms with E-state index in [1.165, 1.54) is 5.71 Å². The Hall–Kier alpha value is -2.82. The van der Waals surface area contributed by atoms with Gasteiger partial charge in [0.15, 0.2) is 0 Å². The molecule has 0 N–H and O–H groups in total. The van der Waals surface area contributed by atoms with E-state index in [-0.39, 0.29) is 18.0 Å². The SMILES string of the molecule is O=C1C[C@H]2[C@H]3C[C@@H]1[C@H](N=Nc1ccccc1)CC3=NN2c1ccccc1. The van der Waals surface area contributed by atoms with Crippen molar-refractivity contribution in [2.45, 2.75) is 31.3 Å². The lowest BCUT2D eigenvalue weighted by molar-refractivity contribution is -0.126. The first-order valence-corrected chi connectivity index (χ1v) is 9.20. The number of hydrazone groups is 1. The van der Waals surface area contributed by atoms with Crippen molar-refractivity contribution < 1.29 is 4.79 Å². The second-order valence-electron chi connectivity index (χ2n) is 7.28. The third-order valence-electron chi connectivity index (χ3n) is 5.76. The first kappa shape index (κ1) is 15.4. The third kappa shape index (κ3) is 2.55. The van der Waals surface area contributed by atoms with Gasteiger partial charge in [0.2, 0.25) is 0 Å². The average Bonchev–Trinajstić information content (AvgIpc) is 3.07. The Bertz CT molecular complexity index is 877. The number of nitrogens with zero attached hydrogens (tertiary/aromatic N) is 4. The molecule has 0 saturated heterocycles. The average molecular weight is 344 g/mol. The molecule has 2 fully saturated rings. The zero-order chi connectivity index (χ0) is 17.5. The molecule has 2 aromatic carbocycles. The number of benzene rings is 2. The van der Waals surface area contributed by atoms with Crippen LogP contribution in [0.3, 0.4) is 0 Å². The minimum atomic E-state index is -0.0885. The van der Waals surface area contributed by atoms with Gasteiger partial charge in [-0.3, -0.25) is 9.80 Å². The molecule has 4 atom stereocenters.